The van der Waals surface area contributed by atoms with E-state index in [4.69, 9.17) is 15.9 Å². The molecule has 1 aliphatic rings. The second-order valence-electron chi connectivity index (χ2n) is 7.97. The van der Waals surface area contributed by atoms with Crippen molar-refractivity contribution in [2.24, 2.45) is 0 Å². The number of nitrogens with zero attached hydrogens (tertiary/aromatic N) is 1. The minimum absolute atomic E-state index is 0.0943. The number of terminal acetylenes is 1. The molecule has 6 nitrogen and oxygen atoms in total. The van der Waals surface area contributed by atoms with Crippen molar-refractivity contribution in [1.82, 2.24) is 4.31 Å². The van der Waals surface area contributed by atoms with Crippen LogP contribution >= 0.6 is 11.8 Å². The zero-order valence-corrected chi connectivity index (χ0v) is 18.5. The summed E-state index contributed by atoms with van der Waals surface area (Å²) in [6.45, 7) is 9.36. The van der Waals surface area contributed by atoms with E-state index in [0.717, 1.165) is 0 Å². The van der Waals surface area contributed by atoms with Gasteiger partial charge in [-0.1, -0.05) is 5.92 Å². The van der Waals surface area contributed by atoms with Gasteiger partial charge < -0.3 is 9.47 Å². The largest absolute Gasteiger partial charge is 0.481 e. The van der Waals surface area contributed by atoms with Crippen molar-refractivity contribution in [3.8, 4) is 18.1 Å². The highest BCUT2D eigenvalue weighted by atomic mass is 32.2. The number of carbonyl (C=O) groups excluding carboxylic acids is 1. The molecule has 1 heterocycles. The summed E-state index contributed by atoms with van der Waals surface area (Å²) in [5, 5.41) is 0. The van der Waals surface area contributed by atoms with Crippen molar-refractivity contribution < 1.29 is 22.7 Å². The van der Waals surface area contributed by atoms with Gasteiger partial charge in [0.05, 0.1) is 4.90 Å². The van der Waals surface area contributed by atoms with Gasteiger partial charge in [0.1, 0.15) is 24.0 Å². The lowest BCUT2D eigenvalue weighted by Crippen LogP contribution is -2.59. The van der Waals surface area contributed by atoms with Crippen LogP contribution in [-0.2, 0) is 19.6 Å². The molecule has 0 aliphatic carbocycles. The molecule has 1 aliphatic heterocycles. The molecule has 0 aromatic heterocycles. The summed E-state index contributed by atoms with van der Waals surface area (Å²) < 4.78 is 38.1. The third-order valence-electron chi connectivity index (χ3n) is 4.11. The van der Waals surface area contributed by atoms with Gasteiger partial charge in [0.25, 0.3) is 0 Å². The second-order valence-corrected chi connectivity index (χ2v) is 11.6. The number of ether oxygens (including phenoxy) is 2. The topological polar surface area (TPSA) is 72.9 Å². The molecular formula is C20H27NO5S2. The lowest BCUT2D eigenvalue weighted by atomic mass is 10.0. The molecule has 0 bridgehead atoms. The number of benzene rings is 1. The molecule has 0 radical (unpaired) electrons. The van der Waals surface area contributed by atoms with Crippen LogP contribution in [0.5, 0.6) is 5.75 Å². The van der Waals surface area contributed by atoms with E-state index in [9.17, 15) is 13.2 Å². The van der Waals surface area contributed by atoms with E-state index < -0.39 is 32.4 Å². The van der Waals surface area contributed by atoms with Crippen molar-refractivity contribution >= 4 is 27.8 Å². The smallest absolute Gasteiger partial charge is 0.326 e. The fraction of sp³-hybridized carbons (Fsp3) is 0.550. The number of thioether (sulfide) groups is 1. The maximum absolute atomic E-state index is 13.3. The lowest BCUT2D eigenvalue weighted by Gasteiger charge is -2.44. The monoisotopic (exact) mass is 425 g/mol. The Morgan fingerprint density at radius 3 is 2.46 bits per heavy atom. The first-order chi connectivity index (χ1) is 12.9. The first kappa shape index (κ1) is 22.6. The summed E-state index contributed by atoms with van der Waals surface area (Å²) in [6, 6.07) is 5.10. The van der Waals surface area contributed by atoms with Crippen molar-refractivity contribution in [3.05, 3.63) is 24.3 Å². The van der Waals surface area contributed by atoms with E-state index in [1.54, 1.807) is 44.7 Å². The highest BCUT2D eigenvalue weighted by Gasteiger charge is 2.49. The van der Waals surface area contributed by atoms with Gasteiger partial charge in [0.2, 0.25) is 10.0 Å². The Morgan fingerprint density at radius 1 is 1.32 bits per heavy atom. The second kappa shape index (κ2) is 8.36. The fourth-order valence-electron chi connectivity index (χ4n) is 2.94. The normalized spacial score (nSPS) is 20.2. The van der Waals surface area contributed by atoms with Gasteiger partial charge in [-0.25, -0.2) is 8.42 Å². The van der Waals surface area contributed by atoms with Crippen molar-refractivity contribution in [1.29, 1.82) is 0 Å². The molecule has 1 fully saturated rings. The highest BCUT2D eigenvalue weighted by Crippen LogP contribution is 2.39. The maximum Gasteiger partial charge on any atom is 0.326 e. The van der Waals surface area contributed by atoms with Crippen molar-refractivity contribution in [3.63, 3.8) is 0 Å². The van der Waals surface area contributed by atoms with E-state index in [1.165, 1.54) is 16.4 Å². The molecular weight excluding hydrogens is 398 g/mol. The summed E-state index contributed by atoms with van der Waals surface area (Å²) in [7, 11) is -3.90. The van der Waals surface area contributed by atoms with Gasteiger partial charge in [-0.15, -0.1) is 6.42 Å². The number of hydrogen-bond acceptors (Lipinski definition) is 6. The van der Waals surface area contributed by atoms with Crippen LogP contribution in [0.15, 0.2) is 29.2 Å². The third-order valence-corrected chi connectivity index (χ3v) is 7.35. The van der Waals surface area contributed by atoms with Crippen LogP contribution in [0.3, 0.4) is 0 Å². The van der Waals surface area contributed by atoms with Crippen molar-refractivity contribution in [2.45, 2.75) is 55.9 Å². The molecule has 28 heavy (non-hydrogen) atoms. The SMILES string of the molecule is C#CCOc1ccc(S(=O)(=O)N2CCSC(C)(C)[C@@H]2C(=O)OC(C)(C)C)cc1. The van der Waals surface area contributed by atoms with Crippen LogP contribution < -0.4 is 4.74 Å². The van der Waals surface area contributed by atoms with Gasteiger partial charge >= 0.3 is 5.97 Å². The molecule has 8 heteroatoms. The number of rotatable bonds is 5. The summed E-state index contributed by atoms with van der Waals surface area (Å²) in [5.74, 6) is 2.89. The van der Waals surface area contributed by atoms with Crippen LogP contribution in [0.2, 0.25) is 0 Å². The molecule has 0 saturated carbocycles. The Balaban J connectivity index is 2.37. The maximum atomic E-state index is 13.3. The van der Waals surface area contributed by atoms with E-state index >= 15 is 0 Å². The first-order valence-corrected chi connectivity index (χ1v) is 11.4. The molecule has 1 atom stereocenters. The Bertz CT molecular complexity index is 848. The lowest BCUT2D eigenvalue weighted by molar-refractivity contribution is -0.160. The van der Waals surface area contributed by atoms with Gasteiger partial charge in [0, 0.05) is 17.0 Å². The Morgan fingerprint density at radius 2 is 1.93 bits per heavy atom. The molecule has 2 rings (SSSR count). The van der Waals surface area contributed by atoms with Crippen LogP contribution in [-0.4, -0.2) is 54.0 Å². The van der Waals surface area contributed by atoms with Crippen molar-refractivity contribution in [2.75, 3.05) is 18.9 Å². The highest BCUT2D eigenvalue weighted by molar-refractivity contribution is 8.00. The zero-order chi connectivity index (χ0) is 21.2. The van der Waals surface area contributed by atoms with Crippen LogP contribution in [0.25, 0.3) is 0 Å². The molecule has 0 spiro atoms. The predicted molar refractivity (Wildman–Crippen MR) is 111 cm³/mol. The Hall–Kier alpha value is -1.69. The standard InChI is InChI=1S/C20H27NO5S2/c1-7-13-25-15-8-10-16(11-9-15)28(23,24)21-12-14-27-20(5,6)17(21)18(22)26-19(2,3)4/h1,8-11,17H,12-14H2,2-6H3/t17-/m0/s1. The van der Waals surface area contributed by atoms with Gasteiger partial charge in [0.15, 0.2) is 0 Å². The predicted octanol–water partition coefficient (Wildman–Crippen LogP) is 2.93. The molecule has 1 saturated heterocycles. The molecule has 1 aromatic rings. The molecule has 0 unspecified atom stereocenters. The number of hydrogen-bond donors (Lipinski definition) is 0. The molecule has 0 amide bonds. The summed E-state index contributed by atoms with van der Waals surface area (Å²) in [5.41, 5.74) is -0.708. The Labute approximate surface area is 172 Å². The molecule has 1 aromatic carbocycles. The first-order valence-electron chi connectivity index (χ1n) is 8.93. The summed E-state index contributed by atoms with van der Waals surface area (Å²) in [6.07, 6.45) is 5.16. The molecule has 0 N–H and O–H groups in total. The molecule has 154 valence electrons. The van der Waals surface area contributed by atoms with E-state index in [1.807, 2.05) is 13.8 Å². The summed E-state index contributed by atoms with van der Waals surface area (Å²) >= 11 is 1.56. The van der Waals surface area contributed by atoms with E-state index in [0.29, 0.717) is 11.5 Å². The number of esters is 1. The van der Waals surface area contributed by atoms with Gasteiger partial charge in [-0.3, -0.25) is 4.79 Å². The van der Waals surface area contributed by atoms with E-state index in [2.05, 4.69) is 5.92 Å². The number of carbonyl (C=O) groups is 1. The van der Waals surface area contributed by atoms with Crippen LogP contribution in [0.1, 0.15) is 34.6 Å². The van der Waals surface area contributed by atoms with Crippen LogP contribution in [0.4, 0.5) is 0 Å². The quantitative estimate of drug-likeness (QED) is 0.534. The minimum Gasteiger partial charge on any atom is -0.481 e. The average molecular weight is 426 g/mol. The fourth-order valence-corrected chi connectivity index (χ4v) is 6.03. The summed E-state index contributed by atoms with van der Waals surface area (Å²) in [4.78, 5) is 13.0. The zero-order valence-electron chi connectivity index (χ0n) is 16.9. The Kier molecular flexibility index (Phi) is 6.74. The number of sulfonamides is 1. The van der Waals surface area contributed by atoms with Crippen LogP contribution in [0, 0.1) is 12.3 Å². The minimum atomic E-state index is -3.90. The van der Waals surface area contributed by atoms with Gasteiger partial charge in [-0.05, 0) is 58.9 Å². The average Bonchev–Trinajstić information content (AvgIpc) is 2.57. The van der Waals surface area contributed by atoms with Gasteiger partial charge in [-0.2, -0.15) is 16.1 Å². The van der Waals surface area contributed by atoms with E-state index in [-0.39, 0.29) is 18.0 Å². The third kappa shape index (κ3) is 5.22.